The summed E-state index contributed by atoms with van der Waals surface area (Å²) in [6.45, 7) is 5.45. The predicted molar refractivity (Wildman–Crippen MR) is 70.2 cm³/mol. The number of carbonyl (C=O) groups is 1. The maximum Gasteiger partial charge on any atom is 0.182 e. The topological polar surface area (TPSA) is 44.1 Å². The van der Waals surface area contributed by atoms with Gasteiger partial charge in [-0.2, -0.15) is 5.10 Å². The van der Waals surface area contributed by atoms with E-state index in [9.17, 15) is 4.79 Å². The van der Waals surface area contributed by atoms with Crippen molar-refractivity contribution in [1.82, 2.24) is 9.78 Å². The first-order valence-electron chi connectivity index (χ1n) is 5.83. The Morgan fingerprint density at radius 3 is 2.94 bits per heavy atom. The molecule has 1 heterocycles. The number of Topliss-reactive ketones (excluding diaryl/α,β-unsaturated/α-hetero) is 1. The summed E-state index contributed by atoms with van der Waals surface area (Å²) >= 11 is 3.38. The highest BCUT2D eigenvalue weighted by Gasteiger charge is 2.18. The Balaban J connectivity index is 2.77. The summed E-state index contributed by atoms with van der Waals surface area (Å²) in [7, 11) is 1.65. The molecule has 96 valence electrons. The van der Waals surface area contributed by atoms with E-state index in [1.54, 1.807) is 18.0 Å². The summed E-state index contributed by atoms with van der Waals surface area (Å²) in [6, 6.07) is 0. The number of ketones is 1. The van der Waals surface area contributed by atoms with Gasteiger partial charge in [0, 0.05) is 26.7 Å². The minimum Gasteiger partial charge on any atom is -0.384 e. The number of halogens is 1. The monoisotopic (exact) mass is 302 g/mol. The number of nitrogens with zero attached hydrogens (tertiary/aromatic N) is 2. The van der Waals surface area contributed by atoms with Crippen molar-refractivity contribution in [2.24, 2.45) is 5.92 Å². The van der Waals surface area contributed by atoms with Crippen molar-refractivity contribution in [1.29, 1.82) is 0 Å². The van der Waals surface area contributed by atoms with Crippen LogP contribution in [-0.4, -0.2) is 29.3 Å². The highest BCUT2D eigenvalue weighted by Crippen LogP contribution is 2.20. The fourth-order valence-electron chi connectivity index (χ4n) is 1.78. The van der Waals surface area contributed by atoms with Gasteiger partial charge in [-0.3, -0.25) is 9.48 Å². The maximum atomic E-state index is 12.2. The number of methoxy groups -OCH3 is 1. The number of rotatable bonds is 7. The third-order valence-corrected chi connectivity index (χ3v) is 3.06. The van der Waals surface area contributed by atoms with Crippen LogP contribution in [-0.2, 0) is 11.3 Å². The Hall–Kier alpha value is -0.680. The van der Waals surface area contributed by atoms with Crippen LogP contribution < -0.4 is 0 Å². The zero-order valence-electron chi connectivity index (χ0n) is 10.6. The van der Waals surface area contributed by atoms with E-state index in [-0.39, 0.29) is 11.7 Å². The molecule has 1 aromatic heterocycles. The minimum atomic E-state index is 0.118. The van der Waals surface area contributed by atoms with E-state index in [1.807, 2.05) is 6.92 Å². The summed E-state index contributed by atoms with van der Waals surface area (Å²) in [6.07, 6.45) is 3.13. The average molecular weight is 303 g/mol. The van der Waals surface area contributed by atoms with Crippen molar-refractivity contribution in [3.8, 4) is 0 Å². The van der Waals surface area contributed by atoms with Crippen LogP contribution in [0.4, 0.5) is 0 Å². The molecule has 4 nitrogen and oxygen atoms in total. The lowest BCUT2D eigenvalue weighted by molar-refractivity contribution is 0.0908. The Kier molecular flexibility index (Phi) is 5.85. The average Bonchev–Trinajstić information content (AvgIpc) is 2.60. The second-order valence-corrected chi connectivity index (χ2v) is 5.11. The molecule has 1 rings (SSSR count). The van der Waals surface area contributed by atoms with Gasteiger partial charge in [0.25, 0.3) is 0 Å². The van der Waals surface area contributed by atoms with Gasteiger partial charge >= 0.3 is 0 Å². The highest BCUT2D eigenvalue weighted by molar-refractivity contribution is 9.10. The molecule has 17 heavy (non-hydrogen) atoms. The van der Waals surface area contributed by atoms with E-state index in [4.69, 9.17) is 4.74 Å². The molecular weight excluding hydrogens is 284 g/mol. The van der Waals surface area contributed by atoms with Crippen molar-refractivity contribution in [2.75, 3.05) is 13.7 Å². The van der Waals surface area contributed by atoms with Crippen molar-refractivity contribution < 1.29 is 9.53 Å². The van der Waals surface area contributed by atoms with Gasteiger partial charge < -0.3 is 4.74 Å². The van der Waals surface area contributed by atoms with Crippen LogP contribution in [0.25, 0.3) is 0 Å². The first-order valence-corrected chi connectivity index (χ1v) is 6.62. The minimum absolute atomic E-state index is 0.118. The fraction of sp³-hybridized carbons (Fsp3) is 0.667. The van der Waals surface area contributed by atoms with Crippen LogP contribution in [0.2, 0.25) is 0 Å². The Morgan fingerprint density at radius 1 is 1.65 bits per heavy atom. The zero-order chi connectivity index (χ0) is 12.8. The van der Waals surface area contributed by atoms with Gasteiger partial charge in [-0.1, -0.05) is 13.8 Å². The van der Waals surface area contributed by atoms with Crippen molar-refractivity contribution >= 4 is 21.7 Å². The molecule has 0 aromatic carbocycles. The molecule has 0 spiro atoms. The molecule has 1 atom stereocenters. The maximum absolute atomic E-state index is 12.2. The molecular formula is C12H19BrN2O2. The number of carbonyl (C=O) groups excluding carboxylic acids is 1. The van der Waals surface area contributed by atoms with Gasteiger partial charge in [0.15, 0.2) is 5.78 Å². The molecule has 1 unspecified atom stereocenters. The van der Waals surface area contributed by atoms with Crippen molar-refractivity contribution in [3.05, 3.63) is 16.4 Å². The van der Waals surface area contributed by atoms with Gasteiger partial charge in [-0.15, -0.1) is 0 Å². The fourth-order valence-corrected chi connectivity index (χ4v) is 2.30. The van der Waals surface area contributed by atoms with E-state index in [1.165, 1.54) is 0 Å². The summed E-state index contributed by atoms with van der Waals surface area (Å²) in [5, 5.41) is 4.20. The summed E-state index contributed by atoms with van der Waals surface area (Å²) in [4.78, 5) is 12.2. The molecule has 0 saturated heterocycles. The molecule has 0 bridgehead atoms. The number of aryl methyl sites for hydroxylation is 1. The van der Waals surface area contributed by atoms with Crippen LogP contribution >= 0.6 is 15.9 Å². The van der Waals surface area contributed by atoms with E-state index in [0.29, 0.717) is 18.7 Å². The van der Waals surface area contributed by atoms with Crippen molar-refractivity contribution in [2.45, 2.75) is 33.2 Å². The number of hydrogen-bond acceptors (Lipinski definition) is 3. The van der Waals surface area contributed by atoms with Crippen LogP contribution in [0.15, 0.2) is 10.7 Å². The first-order chi connectivity index (χ1) is 8.10. The number of ether oxygens (including phenoxy) is 1. The predicted octanol–water partition coefficient (Wildman–Crippen LogP) is 2.91. The van der Waals surface area contributed by atoms with E-state index < -0.39 is 0 Å². The molecule has 0 aliphatic heterocycles. The molecule has 5 heteroatoms. The zero-order valence-corrected chi connectivity index (χ0v) is 12.2. The second kappa shape index (κ2) is 6.91. The van der Waals surface area contributed by atoms with Gasteiger partial charge in [-0.05, 0) is 28.3 Å². The second-order valence-electron chi connectivity index (χ2n) is 4.25. The summed E-state index contributed by atoms with van der Waals surface area (Å²) in [5.41, 5.74) is 0.676. The first kappa shape index (κ1) is 14.4. The van der Waals surface area contributed by atoms with Crippen LogP contribution in [0.1, 0.15) is 37.2 Å². The SMILES string of the molecule is CCCn1ncc(Br)c1C(=O)CC(C)COC. The normalized spacial score (nSPS) is 12.7. The Morgan fingerprint density at radius 2 is 2.35 bits per heavy atom. The third-order valence-electron chi connectivity index (χ3n) is 2.48. The smallest absolute Gasteiger partial charge is 0.182 e. The summed E-state index contributed by atoms with van der Waals surface area (Å²) < 4.78 is 7.59. The van der Waals surface area contributed by atoms with Crippen molar-refractivity contribution in [3.63, 3.8) is 0 Å². The lowest BCUT2D eigenvalue weighted by atomic mass is 10.0. The third kappa shape index (κ3) is 3.92. The highest BCUT2D eigenvalue weighted by atomic mass is 79.9. The largest absolute Gasteiger partial charge is 0.384 e. The van der Waals surface area contributed by atoms with Gasteiger partial charge in [0.1, 0.15) is 5.69 Å². The standard InChI is InChI=1S/C12H19BrN2O2/c1-4-5-15-12(10(13)7-14-15)11(16)6-9(2)8-17-3/h7,9H,4-6,8H2,1-3H3. The molecule has 0 aliphatic carbocycles. The number of hydrogen-bond donors (Lipinski definition) is 0. The molecule has 0 amide bonds. The summed E-state index contributed by atoms with van der Waals surface area (Å²) in [5.74, 6) is 0.344. The lowest BCUT2D eigenvalue weighted by Gasteiger charge is -2.10. The van der Waals surface area contributed by atoms with Gasteiger partial charge in [0.2, 0.25) is 0 Å². The van der Waals surface area contributed by atoms with E-state index in [0.717, 1.165) is 17.4 Å². The molecule has 0 N–H and O–H groups in total. The Bertz CT molecular complexity index is 377. The lowest BCUT2D eigenvalue weighted by Crippen LogP contribution is -2.15. The van der Waals surface area contributed by atoms with Crippen LogP contribution in [0.5, 0.6) is 0 Å². The molecule has 0 saturated carbocycles. The van der Waals surface area contributed by atoms with E-state index in [2.05, 4.69) is 28.0 Å². The van der Waals surface area contributed by atoms with Gasteiger partial charge in [0.05, 0.1) is 10.7 Å². The van der Waals surface area contributed by atoms with Crippen LogP contribution in [0, 0.1) is 5.92 Å². The van der Waals surface area contributed by atoms with E-state index >= 15 is 0 Å². The molecule has 0 radical (unpaired) electrons. The number of aromatic nitrogens is 2. The Labute approximate surface area is 110 Å². The van der Waals surface area contributed by atoms with Gasteiger partial charge in [-0.25, -0.2) is 0 Å². The molecule has 1 aromatic rings. The molecule has 0 fully saturated rings. The molecule has 0 aliphatic rings. The quantitative estimate of drug-likeness (QED) is 0.728. The van der Waals surface area contributed by atoms with Crippen LogP contribution in [0.3, 0.4) is 0 Å².